The molecule has 0 N–H and O–H groups in total. The molecule has 0 spiro atoms. The van der Waals surface area contributed by atoms with Crippen molar-refractivity contribution in [3.63, 3.8) is 0 Å². The Morgan fingerprint density at radius 2 is 1.73 bits per heavy atom. The van der Waals surface area contributed by atoms with Gasteiger partial charge in [0.25, 0.3) is 0 Å². The Kier molecular flexibility index (Phi) is 5.48. The van der Waals surface area contributed by atoms with Crippen molar-refractivity contribution in [2.75, 3.05) is 31.1 Å². The van der Waals surface area contributed by atoms with E-state index in [1.54, 1.807) is 11.0 Å². The van der Waals surface area contributed by atoms with Crippen molar-refractivity contribution in [1.29, 1.82) is 0 Å². The molecular formula is C22H20F3N3O2. The van der Waals surface area contributed by atoms with E-state index in [9.17, 15) is 18.0 Å². The minimum Gasteiger partial charge on any atom is -0.444 e. The van der Waals surface area contributed by atoms with Crippen LogP contribution < -0.4 is 4.90 Å². The molecule has 0 bridgehead atoms. The fourth-order valence-corrected chi connectivity index (χ4v) is 3.46. The van der Waals surface area contributed by atoms with Gasteiger partial charge in [-0.25, -0.2) is 4.98 Å². The van der Waals surface area contributed by atoms with Gasteiger partial charge in [0.2, 0.25) is 11.8 Å². The van der Waals surface area contributed by atoms with Gasteiger partial charge in [-0.2, -0.15) is 13.2 Å². The first-order chi connectivity index (χ1) is 14.4. The molecule has 0 aliphatic carbocycles. The third-order valence-corrected chi connectivity index (χ3v) is 5.08. The first-order valence-corrected chi connectivity index (χ1v) is 9.60. The minimum atomic E-state index is -4.37. The minimum absolute atomic E-state index is 0.0772. The third kappa shape index (κ3) is 4.48. The smallest absolute Gasteiger partial charge is 0.416 e. The van der Waals surface area contributed by atoms with Crippen LogP contribution in [0.4, 0.5) is 18.9 Å². The number of amides is 1. The van der Waals surface area contributed by atoms with E-state index in [1.807, 2.05) is 35.2 Å². The maximum absolute atomic E-state index is 12.9. The van der Waals surface area contributed by atoms with Crippen LogP contribution in [-0.4, -0.2) is 42.0 Å². The summed E-state index contributed by atoms with van der Waals surface area (Å²) in [6.45, 7) is 1.83. The molecule has 30 heavy (non-hydrogen) atoms. The van der Waals surface area contributed by atoms with Gasteiger partial charge in [0.05, 0.1) is 17.7 Å². The van der Waals surface area contributed by atoms with Gasteiger partial charge < -0.3 is 14.2 Å². The van der Waals surface area contributed by atoms with Crippen molar-refractivity contribution in [1.82, 2.24) is 9.88 Å². The molecule has 0 saturated carbocycles. The highest BCUT2D eigenvalue weighted by Gasteiger charge is 2.31. The zero-order chi connectivity index (χ0) is 21.1. The topological polar surface area (TPSA) is 49.6 Å². The Morgan fingerprint density at radius 3 is 2.43 bits per heavy atom. The molecule has 1 amide bonds. The van der Waals surface area contributed by atoms with Crippen LogP contribution in [0, 0.1) is 0 Å². The molecule has 1 aromatic heterocycles. The van der Waals surface area contributed by atoms with E-state index >= 15 is 0 Å². The molecule has 0 atom stereocenters. The summed E-state index contributed by atoms with van der Waals surface area (Å²) < 4.78 is 44.3. The van der Waals surface area contributed by atoms with Crippen LogP contribution in [0.1, 0.15) is 11.3 Å². The first-order valence-electron chi connectivity index (χ1n) is 9.60. The van der Waals surface area contributed by atoms with E-state index in [0.717, 1.165) is 17.7 Å². The molecule has 5 nitrogen and oxygen atoms in total. The van der Waals surface area contributed by atoms with E-state index in [2.05, 4.69) is 4.98 Å². The Hall–Kier alpha value is -3.29. The number of alkyl halides is 3. The van der Waals surface area contributed by atoms with Crippen LogP contribution in [0.5, 0.6) is 0 Å². The highest BCUT2D eigenvalue weighted by Crippen LogP contribution is 2.32. The predicted octanol–water partition coefficient (Wildman–Crippen LogP) is 4.25. The SMILES string of the molecule is O=C(Cc1coc(-c2ccccc2)n1)N1CCN(c2cccc(C(F)(F)F)c2)CC1. The lowest BCUT2D eigenvalue weighted by molar-refractivity contribution is -0.137. The van der Waals surface area contributed by atoms with E-state index in [4.69, 9.17) is 4.42 Å². The van der Waals surface area contributed by atoms with Crippen LogP contribution in [0.3, 0.4) is 0 Å². The summed E-state index contributed by atoms with van der Waals surface area (Å²) in [6, 6.07) is 14.7. The fourth-order valence-electron chi connectivity index (χ4n) is 3.46. The molecule has 1 aliphatic rings. The lowest BCUT2D eigenvalue weighted by atomic mass is 10.1. The zero-order valence-corrected chi connectivity index (χ0v) is 16.1. The highest BCUT2D eigenvalue weighted by molar-refractivity contribution is 5.78. The highest BCUT2D eigenvalue weighted by atomic mass is 19.4. The van der Waals surface area contributed by atoms with Crippen LogP contribution in [0.2, 0.25) is 0 Å². The van der Waals surface area contributed by atoms with Crippen LogP contribution >= 0.6 is 0 Å². The van der Waals surface area contributed by atoms with Gasteiger partial charge in [-0.3, -0.25) is 4.79 Å². The van der Waals surface area contributed by atoms with Gasteiger partial charge in [-0.15, -0.1) is 0 Å². The van der Waals surface area contributed by atoms with Crippen LogP contribution in [-0.2, 0) is 17.4 Å². The normalized spacial score (nSPS) is 14.8. The van der Waals surface area contributed by atoms with Gasteiger partial charge in [-0.1, -0.05) is 24.3 Å². The molecule has 8 heteroatoms. The number of carbonyl (C=O) groups excluding carboxylic acids is 1. The quantitative estimate of drug-likeness (QED) is 0.639. The van der Waals surface area contributed by atoms with E-state index in [0.29, 0.717) is 43.5 Å². The van der Waals surface area contributed by atoms with E-state index < -0.39 is 11.7 Å². The zero-order valence-electron chi connectivity index (χ0n) is 16.1. The number of hydrogen-bond donors (Lipinski definition) is 0. The number of aromatic nitrogens is 1. The second-order valence-corrected chi connectivity index (χ2v) is 7.10. The Labute approximate surface area is 171 Å². The second-order valence-electron chi connectivity index (χ2n) is 7.10. The summed E-state index contributed by atoms with van der Waals surface area (Å²) >= 11 is 0. The monoisotopic (exact) mass is 415 g/mol. The fraction of sp³-hybridized carbons (Fsp3) is 0.273. The average Bonchev–Trinajstić information content (AvgIpc) is 3.22. The lowest BCUT2D eigenvalue weighted by Crippen LogP contribution is -2.49. The van der Waals surface area contributed by atoms with Gasteiger partial charge in [0.15, 0.2) is 0 Å². The third-order valence-electron chi connectivity index (χ3n) is 5.08. The van der Waals surface area contributed by atoms with Crippen molar-refractivity contribution in [3.05, 3.63) is 72.1 Å². The van der Waals surface area contributed by atoms with Crippen molar-refractivity contribution in [2.24, 2.45) is 0 Å². The summed E-state index contributed by atoms with van der Waals surface area (Å²) in [6.07, 6.45) is -2.76. The second kappa shape index (κ2) is 8.22. The number of benzene rings is 2. The van der Waals surface area contributed by atoms with Crippen molar-refractivity contribution >= 4 is 11.6 Å². The molecule has 0 unspecified atom stereocenters. The molecule has 3 aromatic rings. The number of hydrogen-bond acceptors (Lipinski definition) is 4. The standard InChI is InChI=1S/C22H20F3N3O2/c23-22(24,25)17-7-4-8-19(13-17)27-9-11-28(12-10-27)20(29)14-18-15-30-21(26-18)16-5-2-1-3-6-16/h1-8,13,15H,9-12,14H2. The summed E-state index contributed by atoms with van der Waals surface area (Å²) in [4.78, 5) is 20.6. The molecule has 0 radical (unpaired) electrons. The first kappa shape index (κ1) is 20.0. The summed E-state index contributed by atoms with van der Waals surface area (Å²) in [7, 11) is 0. The average molecular weight is 415 g/mol. The maximum Gasteiger partial charge on any atom is 0.416 e. The largest absolute Gasteiger partial charge is 0.444 e. The number of rotatable bonds is 4. The number of nitrogens with zero attached hydrogens (tertiary/aromatic N) is 3. The van der Waals surface area contributed by atoms with Crippen molar-refractivity contribution < 1.29 is 22.4 Å². The van der Waals surface area contributed by atoms with Crippen molar-refractivity contribution in [2.45, 2.75) is 12.6 Å². The van der Waals surface area contributed by atoms with Gasteiger partial charge >= 0.3 is 6.18 Å². The van der Waals surface area contributed by atoms with Crippen LogP contribution in [0.25, 0.3) is 11.5 Å². The number of carbonyl (C=O) groups is 1. The molecular weight excluding hydrogens is 395 g/mol. The number of halogens is 3. The molecule has 2 aromatic carbocycles. The number of oxazole rings is 1. The molecule has 1 saturated heterocycles. The van der Waals surface area contributed by atoms with Gasteiger partial charge in [-0.05, 0) is 30.3 Å². The van der Waals surface area contributed by atoms with E-state index in [-0.39, 0.29) is 12.3 Å². The van der Waals surface area contributed by atoms with Crippen LogP contribution in [0.15, 0.2) is 65.3 Å². The van der Waals surface area contributed by atoms with Gasteiger partial charge in [0.1, 0.15) is 6.26 Å². The van der Waals surface area contributed by atoms with Gasteiger partial charge in [0, 0.05) is 37.4 Å². The molecule has 156 valence electrons. The van der Waals surface area contributed by atoms with Crippen molar-refractivity contribution in [3.8, 4) is 11.5 Å². The molecule has 4 rings (SSSR count). The Bertz CT molecular complexity index is 1010. The molecule has 1 aliphatic heterocycles. The Balaban J connectivity index is 1.34. The van der Waals surface area contributed by atoms with E-state index in [1.165, 1.54) is 12.3 Å². The number of piperazine rings is 1. The predicted molar refractivity (Wildman–Crippen MR) is 106 cm³/mol. The number of anilines is 1. The lowest BCUT2D eigenvalue weighted by Gasteiger charge is -2.36. The molecule has 1 fully saturated rings. The maximum atomic E-state index is 12.9. The summed E-state index contributed by atoms with van der Waals surface area (Å²) in [5.41, 5.74) is 1.24. The molecule has 2 heterocycles. The Morgan fingerprint density at radius 1 is 1.00 bits per heavy atom. The summed E-state index contributed by atoms with van der Waals surface area (Å²) in [5.74, 6) is 0.388. The summed E-state index contributed by atoms with van der Waals surface area (Å²) in [5, 5.41) is 0.